The van der Waals surface area contributed by atoms with Crippen LogP contribution in [0.15, 0.2) is 28.9 Å². The third-order valence-corrected chi connectivity index (χ3v) is 5.01. The maximum atomic E-state index is 5.97. The third-order valence-electron chi connectivity index (χ3n) is 2.74. The molecular weight excluding hydrogens is 326 g/mol. The van der Waals surface area contributed by atoms with Crippen LogP contribution in [0.3, 0.4) is 0 Å². The number of anilines is 1. The first kappa shape index (κ1) is 14.6. The molecule has 0 saturated heterocycles. The molecule has 3 aromatic rings. The molecular formula is C13H14ClN5S2. The van der Waals surface area contributed by atoms with Gasteiger partial charge in [-0.3, -0.25) is 0 Å². The molecule has 110 valence electrons. The summed E-state index contributed by atoms with van der Waals surface area (Å²) in [6, 6.07) is 3.76. The van der Waals surface area contributed by atoms with E-state index in [0.29, 0.717) is 5.02 Å². The standard InChI is InChI=1S/C13H14ClN5S2/c1-2-5-15-12-17-18-13(21-12)20-8-10-7-19-6-9(14)3-4-11(19)16-10/h3-4,6-7H,2,5,8H2,1H3,(H,15,17). The van der Waals surface area contributed by atoms with Gasteiger partial charge in [-0.1, -0.05) is 41.6 Å². The van der Waals surface area contributed by atoms with Crippen LogP contribution in [0.25, 0.3) is 5.65 Å². The van der Waals surface area contributed by atoms with Crippen molar-refractivity contribution in [1.29, 1.82) is 0 Å². The normalized spacial score (nSPS) is 11.1. The molecule has 0 saturated carbocycles. The number of hydrogen-bond donors (Lipinski definition) is 1. The average Bonchev–Trinajstić information content (AvgIpc) is 3.08. The molecule has 21 heavy (non-hydrogen) atoms. The van der Waals surface area contributed by atoms with Gasteiger partial charge in [0.15, 0.2) is 4.34 Å². The second kappa shape index (κ2) is 6.64. The van der Waals surface area contributed by atoms with Gasteiger partial charge in [-0.05, 0) is 18.6 Å². The SMILES string of the molecule is CCCNc1nnc(SCc2cn3cc(Cl)ccc3n2)s1. The fraction of sp³-hybridized carbons (Fsp3) is 0.308. The predicted molar refractivity (Wildman–Crippen MR) is 88.5 cm³/mol. The Morgan fingerprint density at radius 3 is 3.10 bits per heavy atom. The summed E-state index contributed by atoms with van der Waals surface area (Å²) < 4.78 is 2.88. The minimum absolute atomic E-state index is 0.704. The van der Waals surface area contributed by atoms with Gasteiger partial charge in [0.2, 0.25) is 5.13 Å². The van der Waals surface area contributed by atoms with E-state index >= 15 is 0 Å². The summed E-state index contributed by atoms with van der Waals surface area (Å²) in [5, 5.41) is 13.1. The average molecular weight is 340 g/mol. The van der Waals surface area contributed by atoms with Crippen molar-refractivity contribution in [2.24, 2.45) is 0 Å². The number of aromatic nitrogens is 4. The Morgan fingerprint density at radius 2 is 2.24 bits per heavy atom. The van der Waals surface area contributed by atoms with Gasteiger partial charge in [0.05, 0.1) is 10.7 Å². The van der Waals surface area contributed by atoms with E-state index in [0.717, 1.165) is 39.5 Å². The Hall–Kier alpha value is -1.31. The van der Waals surface area contributed by atoms with Crippen molar-refractivity contribution in [3.63, 3.8) is 0 Å². The number of nitrogens with one attached hydrogen (secondary N) is 1. The molecule has 0 radical (unpaired) electrons. The summed E-state index contributed by atoms with van der Waals surface area (Å²) in [6.45, 7) is 3.05. The zero-order valence-electron chi connectivity index (χ0n) is 11.4. The van der Waals surface area contributed by atoms with E-state index in [1.807, 2.05) is 28.9 Å². The van der Waals surface area contributed by atoms with Crippen LogP contribution in [0.5, 0.6) is 0 Å². The van der Waals surface area contributed by atoms with Crippen LogP contribution in [0.1, 0.15) is 19.0 Å². The Labute approximate surface area is 135 Å². The fourth-order valence-electron chi connectivity index (χ4n) is 1.79. The second-order valence-corrected chi connectivity index (χ2v) is 7.07. The minimum atomic E-state index is 0.704. The lowest BCUT2D eigenvalue weighted by Crippen LogP contribution is -1.98. The van der Waals surface area contributed by atoms with Crippen molar-refractivity contribution in [3.05, 3.63) is 35.2 Å². The van der Waals surface area contributed by atoms with E-state index in [-0.39, 0.29) is 0 Å². The molecule has 3 heterocycles. The molecule has 1 N–H and O–H groups in total. The van der Waals surface area contributed by atoms with Gasteiger partial charge in [0.25, 0.3) is 0 Å². The Bertz CT molecular complexity index is 739. The highest BCUT2D eigenvalue weighted by atomic mass is 35.5. The molecule has 3 aromatic heterocycles. The summed E-state index contributed by atoms with van der Waals surface area (Å²) >= 11 is 9.19. The van der Waals surface area contributed by atoms with Gasteiger partial charge in [0, 0.05) is 24.7 Å². The van der Waals surface area contributed by atoms with Crippen LogP contribution in [0.4, 0.5) is 5.13 Å². The summed E-state index contributed by atoms with van der Waals surface area (Å²) in [6.07, 6.45) is 4.92. The largest absolute Gasteiger partial charge is 0.360 e. The highest BCUT2D eigenvalue weighted by molar-refractivity contribution is 8.00. The van der Waals surface area contributed by atoms with Gasteiger partial charge in [-0.2, -0.15) is 0 Å². The monoisotopic (exact) mass is 339 g/mol. The van der Waals surface area contributed by atoms with Crippen molar-refractivity contribution in [1.82, 2.24) is 19.6 Å². The number of pyridine rings is 1. The molecule has 0 spiro atoms. The van der Waals surface area contributed by atoms with Crippen LogP contribution < -0.4 is 5.32 Å². The lowest BCUT2D eigenvalue weighted by atomic mass is 10.5. The zero-order chi connectivity index (χ0) is 14.7. The maximum absolute atomic E-state index is 5.97. The highest BCUT2D eigenvalue weighted by Crippen LogP contribution is 2.28. The number of thioether (sulfide) groups is 1. The van der Waals surface area contributed by atoms with Gasteiger partial charge < -0.3 is 9.72 Å². The Morgan fingerprint density at radius 1 is 1.33 bits per heavy atom. The molecule has 0 aliphatic carbocycles. The van der Waals surface area contributed by atoms with E-state index in [1.54, 1.807) is 23.1 Å². The van der Waals surface area contributed by atoms with Crippen LogP contribution >= 0.6 is 34.7 Å². The van der Waals surface area contributed by atoms with Crippen LogP contribution in [-0.4, -0.2) is 26.1 Å². The first-order valence-corrected chi connectivity index (χ1v) is 8.76. The number of hydrogen-bond acceptors (Lipinski definition) is 6. The third kappa shape index (κ3) is 3.66. The molecule has 0 aliphatic heterocycles. The lowest BCUT2D eigenvalue weighted by Gasteiger charge is -1.95. The molecule has 0 bridgehead atoms. The van der Waals surface area contributed by atoms with Crippen molar-refractivity contribution in [3.8, 4) is 0 Å². The number of rotatable bonds is 6. The molecule has 3 rings (SSSR count). The summed E-state index contributed by atoms with van der Waals surface area (Å²) in [4.78, 5) is 4.55. The Kier molecular flexibility index (Phi) is 4.62. The van der Waals surface area contributed by atoms with Crippen LogP contribution in [0, 0.1) is 0 Å². The molecule has 0 aromatic carbocycles. The number of nitrogens with zero attached hydrogens (tertiary/aromatic N) is 4. The van der Waals surface area contributed by atoms with Crippen molar-refractivity contribution < 1.29 is 0 Å². The molecule has 8 heteroatoms. The summed E-state index contributed by atoms with van der Waals surface area (Å²) in [5.74, 6) is 0.766. The quantitative estimate of drug-likeness (QED) is 0.689. The number of imidazole rings is 1. The molecule has 0 aliphatic rings. The predicted octanol–water partition coefficient (Wildman–Crippen LogP) is 3.95. The van der Waals surface area contributed by atoms with Gasteiger partial charge in [-0.25, -0.2) is 4.98 Å². The van der Waals surface area contributed by atoms with E-state index < -0.39 is 0 Å². The topological polar surface area (TPSA) is 55.1 Å². The van der Waals surface area contributed by atoms with E-state index in [2.05, 4.69) is 27.4 Å². The number of fused-ring (bicyclic) bond motifs is 1. The molecule has 0 unspecified atom stereocenters. The van der Waals surface area contributed by atoms with Crippen molar-refractivity contribution in [2.45, 2.75) is 23.4 Å². The first-order chi connectivity index (χ1) is 10.2. The van der Waals surface area contributed by atoms with E-state index in [1.165, 1.54) is 0 Å². The van der Waals surface area contributed by atoms with Crippen molar-refractivity contribution >= 4 is 45.5 Å². The fourth-order valence-corrected chi connectivity index (χ4v) is 3.62. The highest BCUT2D eigenvalue weighted by Gasteiger charge is 2.07. The van der Waals surface area contributed by atoms with E-state index in [4.69, 9.17) is 11.6 Å². The first-order valence-electron chi connectivity index (χ1n) is 6.58. The maximum Gasteiger partial charge on any atom is 0.206 e. The molecule has 5 nitrogen and oxygen atoms in total. The van der Waals surface area contributed by atoms with Gasteiger partial charge >= 0.3 is 0 Å². The van der Waals surface area contributed by atoms with Crippen LogP contribution in [-0.2, 0) is 5.75 Å². The summed E-state index contributed by atoms with van der Waals surface area (Å²) in [7, 11) is 0. The smallest absolute Gasteiger partial charge is 0.206 e. The lowest BCUT2D eigenvalue weighted by molar-refractivity contribution is 0.951. The zero-order valence-corrected chi connectivity index (χ0v) is 13.8. The second-order valence-electron chi connectivity index (χ2n) is 4.43. The van der Waals surface area contributed by atoms with Crippen LogP contribution in [0.2, 0.25) is 5.02 Å². The van der Waals surface area contributed by atoms with Crippen molar-refractivity contribution in [2.75, 3.05) is 11.9 Å². The Balaban J connectivity index is 1.64. The minimum Gasteiger partial charge on any atom is -0.360 e. The van der Waals surface area contributed by atoms with E-state index in [9.17, 15) is 0 Å². The van der Waals surface area contributed by atoms with Gasteiger partial charge in [-0.15, -0.1) is 10.2 Å². The molecule has 0 amide bonds. The molecule has 0 atom stereocenters. The summed E-state index contributed by atoms with van der Waals surface area (Å²) in [5.41, 5.74) is 1.90. The molecule has 0 fully saturated rings. The van der Waals surface area contributed by atoms with Gasteiger partial charge in [0.1, 0.15) is 5.65 Å². The number of halogens is 1.